The number of benzene rings is 1. The zero-order valence-electron chi connectivity index (χ0n) is 14.1. The van der Waals surface area contributed by atoms with Crippen LogP contribution in [0.5, 0.6) is 5.75 Å². The summed E-state index contributed by atoms with van der Waals surface area (Å²) in [6.07, 6.45) is 7.94. The molecule has 3 rings (SSSR count). The van der Waals surface area contributed by atoms with Gasteiger partial charge in [-0.05, 0) is 18.9 Å². The molecular weight excluding hydrogens is 320 g/mol. The van der Waals surface area contributed by atoms with Crippen molar-refractivity contribution in [2.75, 3.05) is 26.0 Å². The molecule has 1 aromatic heterocycles. The Labute approximate surface area is 147 Å². The first-order chi connectivity index (χ1) is 11.9. The molecule has 0 spiro atoms. The number of ether oxygens (including phenoxy) is 1. The van der Waals surface area contributed by atoms with Crippen molar-refractivity contribution in [3.8, 4) is 5.75 Å². The van der Waals surface area contributed by atoms with Gasteiger partial charge in [-0.25, -0.2) is 4.98 Å². The van der Waals surface area contributed by atoms with Gasteiger partial charge in [0.1, 0.15) is 5.75 Å². The van der Waals surface area contributed by atoms with Crippen molar-refractivity contribution >= 4 is 16.9 Å². The Morgan fingerprint density at radius 3 is 3.00 bits per heavy atom. The number of aryl methyl sites for hydroxylation is 1. The van der Waals surface area contributed by atoms with Gasteiger partial charge >= 0.3 is 0 Å². The molecule has 0 saturated heterocycles. The molecule has 0 saturated carbocycles. The molecule has 0 N–H and O–H groups in total. The Balaban J connectivity index is 1.68. The molecule has 0 radical (unpaired) electrons. The lowest BCUT2D eigenvalue weighted by Gasteiger charge is -2.28. The van der Waals surface area contributed by atoms with Gasteiger partial charge in [0.2, 0.25) is 0 Å². The lowest BCUT2D eigenvalue weighted by atomic mass is 10.2. The van der Waals surface area contributed by atoms with E-state index in [4.69, 9.17) is 9.73 Å². The number of nitrogens with zero attached hydrogens (tertiary/aromatic N) is 4. The predicted octanol–water partition coefficient (Wildman–Crippen LogP) is 3.28. The summed E-state index contributed by atoms with van der Waals surface area (Å²) < 4.78 is 7.63. The Kier molecular flexibility index (Phi) is 6.18. The van der Waals surface area contributed by atoms with E-state index in [0.29, 0.717) is 0 Å². The van der Waals surface area contributed by atoms with Crippen LogP contribution < -0.4 is 4.74 Å². The normalized spacial score (nSPS) is 14.3. The van der Waals surface area contributed by atoms with Crippen LogP contribution in [0.3, 0.4) is 0 Å². The number of hydrogen-bond donors (Lipinski definition) is 0. The van der Waals surface area contributed by atoms with E-state index in [0.717, 1.165) is 49.3 Å². The molecule has 0 amide bonds. The van der Waals surface area contributed by atoms with Crippen LogP contribution in [-0.2, 0) is 13.1 Å². The van der Waals surface area contributed by atoms with Crippen LogP contribution in [0.25, 0.3) is 0 Å². The third-order valence-corrected chi connectivity index (χ3v) is 5.15. The van der Waals surface area contributed by atoms with E-state index in [2.05, 4.69) is 26.6 Å². The minimum absolute atomic E-state index is 0.833. The number of para-hydroxylation sites is 1. The molecule has 6 heteroatoms. The van der Waals surface area contributed by atoms with Gasteiger partial charge in [-0.15, -0.1) is 0 Å². The Morgan fingerprint density at radius 2 is 2.25 bits per heavy atom. The summed E-state index contributed by atoms with van der Waals surface area (Å²) in [5.41, 5.74) is 1.21. The van der Waals surface area contributed by atoms with Crippen LogP contribution in [0.15, 0.2) is 48.0 Å². The summed E-state index contributed by atoms with van der Waals surface area (Å²) in [6, 6.07) is 8.24. The molecule has 2 aromatic rings. The summed E-state index contributed by atoms with van der Waals surface area (Å²) >= 11 is 1.87. The van der Waals surface area contributed by atoms with E-state index in [1.165, 1.54) is 12.0 Å². The Bertz CT molecular complexity index is 657. The fraction of sp³-hybridized carbons (Fsp3) is 0.444. The van der Waals surface area contributed by atoms with E-state index in [1.54, 1.807) is 7.11 Å². The topological polar surface area (TPSA) is 42.6 Å². The second-order valence-corrected chi connectivity index (χ2v) is 6.82. The van der Waals surface area contributed by atoms with Gasteiger partial charge in [0.25, 0.3) is 0 Å². The van der Waals surface area contributed by atoms with Crippen LogP contribution in [0.1, 0.15) is 18.4 Å². The van der Waals surface area contributed by atoms with E-state index < -0.39 is 0 Å². The smallest absolute Gasteiger partial charge is 0.159 e. The minimum atomic E-state index is 0.833. The highest BCUT2D eigenvalue weighted by Gasteiger charge is 2.16. The van der Waals surface area contributed by atoms with Gasteiger partial charge in [-0.1, -0.05) is 30.0 Å². The molecule has 2 heterocycles. The molecule has 0 aliphatic carbocycles. The third kappa shape index (κ3) is 4.54. The summed E-state index contributed by atoms with van der Waals surface area (Å²) in [7, 11) is 1.73. The SMILES string of the molecule is COc1ccccc1CN(CCCn1ccnc1)C1=NCCCS1. The molecule has 128 valence electrons. The van der Waals surface area contributed by atoms with Gasteiger partial charge in [0.15, 0.2) is 5.17 Å². The quantitative estimate of drug-likeness (QED) is 0.773. The molecule has 0 bridgehead atoms. The molecule has 0 fully saturated rings. The highest BCUT2D eigenvalue weighted by atomic mass is 32.2. The number of imidazole rings is 1. The predicted molar refractivity (Wildman–Crippen MR) is 99.6 cm³/mol. The zero-order valence-corrected chi connectivity index (χ0v) is 14.9. The lowest BCUT2D eigenvalue weighted by Crippen LogP contribution is -2.32. The lowest BCUT2D eigenvalue weighted by molar-refractivity contribution is 0.372. The Morgan fingerprint density at radius 1 is 1.33 bits per heavy atom. The van der Waals surface area contributed by atoms with E-state index >= 15 is 0 Å². The largest absolute Gasteiger partial charge is 0.496 e. The molecule has 24 heavy (non-hydrogen) atoms. The third-order valence-electron chi connectivity index (χ3n) is 4.01. The fourth-order valence-electron chi connectivity index (χ4n) is 2.78. The number of amidine groups is 1. The second-order valence-electron chi connectivity index (χ2n) is 5.75. The first kappa shape index (κ1) is 16.9. The number of thioether (sulfide) groups is 1. The second kappa shape index (κ2) is 8.78. The van der Waals surface area contributed by atoms with Crippen LogP contribution in [0.2, 0.25) is 0 Å². The van der Waals surface area contributed by atoms with Crippen LogP contribution in [0.4, 0.5) is 0 Å². The van der Waals surface area contributed by atoms with Gasteiger partial charge < -0.3 is 14.2 Å². The summed E-state index contributed by atoms with van der Waals surface area (Å²) in [6.45, 7) is 3.72. The van der Waals surface area contributed by atoms with Crippen molar-refractivity contribution in [1.82, 2.24) is 14.5 Å². The number of aliphatic imine (C=N–C) groups is 1. The van der Waals surface area contributed by atoms with E-state index in [-0.39, 0.29) is 0 Å². The van der Waals surface area contributed by atoms with Gasteiger partial charge in [0.05, 0.1) is 13.4 Å². The molecule has 0 unspecified atom stereocenters. The highest BCUT2D eigenvalue weighted by Crippen LogP contribution is 2.23. The summed E-state index contributed by atoms with van der Waals surface area (Å²) in [5.74, 6) is 2.10. The van der Waals surface area contributed by atoms with Crippen molar-refractivity contribution in [3.63, 3.8) is 0 Å². The maximum absolute atomic E-state index is 5.51. The van der Waals surface area contributed by atoms with E-state index in [1.807, 2.05) is 42.6 Å². The van der Waals surface area contributed by atoms with Gasteiger partial charge in [-0.2, -0.15) is 0 Å². The maximum atomic E-state index is 5.51. The highest BCUT2D eigenvalue weighted by molar-refractivity contribution is 8.13. The van der Waals surface area contributed by atoms with E-state index in [9.17, 15) is 0 Å². The van der Waals surface area contributed by atoms with Crippen molar-refractivity contribution < 1.29 is 4.74 Å². The number of aromatic nitrogens is 2. The Hall–Kier alpha value is -1.95. The standard InChI is InChI=1S/C18H24N4OS/c1-23-17-7-3-2-6-16(17)14-22(18-20-8-4-13-24-18)11-5-10-21-12-9-19-15-21/h2-3,6-7,9,12,15H,4-5,8,10-11,13-14H2,1H3. The van der Waals surface area contributed by atoms with Crippen LogP contribution in [-0.4, -0.2) is 45.6 Å². The molecular formula is C18H24N4OS. The van der Waals surface area contributed by atoms with Crippen molar-refractivity contribution in [1.29, 1.82) is 0 Å². The van der Waals surface area contributed by atoms with Crippen LogP contribution in [0, 0.1) is 0 Å². The number of methoxy groups -OCH3 is 1. The first-order valence-electron chi connectivity index (χ1n) is 8.36. The maximum Gasteiger partial charge on any atom is 0.159 e. The first-order valence-corrected chi connectivity index (χ1v) is 9.35. The van der Waals surface area contributed by atoms with Crippen molar-refractivity contribution in [2.24, 2.45) is 4.99 Å². The zero-order chi connectivity index (χ0) is 16.6. The fourth-order valence-corrected chi connectivity index (χ4v) is 3.76. The monoisotopic (exact) mass is 344 g/mol. The summed E-state index contributed by atoms with van der Waals surface area (Å²) in [5, 5.41) is 1.16. The molecule has 5 nitrogen and oxygen atoms in total. The average Bonchev–Trinajstić information content (AvgIpc) is 3.15. The minimum Gasteiger partial charge on any atom is -0.496 e. The molecule has 1 aliphatic rings. The summed E-state index contributed by atoms with van der Waals surface area (Å²) in [4.78, 5) is 11.2. The van der Waals surface area contributed by atoms with Crippen molar-refractivity contribution in [2.45, 2.75) is 25.9 Å². The van der Waals surface area contributed by atoms with Crippen LogP contribution >= 0.6 is 11.8 Å². The molecule has 0 atom stereocenters. The van der Waals surface area contributed by atoms with Gasteiger partial charge in [0, 0.05) is 49.9 Å². The number of rotatable bonds is 7. The molecule has 1 aromatic carbocycles. The molecule has 1 aliphatic heterocycles. The average molecular weight is 344 g/mol. The van der Waals surface area contributed by atoms with Crippen molar-refractivity contribution in [3.05, 3.63) is 48.5 Å². The number of hydrogen-bond acceptors (Lipinski definition) is 5. The van der Waals surface area contributed by atoms with Gasteiger partial charge in [-0.3, -0.25) is 4.99 Å².